The molecular weight excluding hydrogens is 228 g/mol. The van der Waals surface area contributed by atoms with E-state index in [1.807, 2.05) is 9.80 Å². The summed E-state index contributed by atoms with van der Waals surface area (Å²) in [7, 11) is 0. The van der Waals surface area contributed by atoms with Gasteiger partial charge in [0.2, 0.25) is 11.8 Å². The highest BCUT2D eigenvalue weighted by Crippen LogP contribution is 2.09. The van der Waals surface area contributed by atoms with Crippen molar-refractivity contribution in [1.82, 2.24) is 9.80 Å². The minimum Gasteiger partial charge on any atom is -0.339 e. The number of carbonyl (C=O) groups excluding carboxylic acids is 2. The molecule has 4 heteroatoms. The average Bonchev–Trinajstić information content (AvgIpc) is 2.38. The van der Waals surface area contributed by atoms with Crippen LogP contribution in [0.5, 0.6) is 0 Å². The molecular formula is C14H26N2O2. The molecule has 0 aromatic heterocycles. The minimum absolute atomic E-state index is 0.113. The zero-order valence-electron chi connectivity index (χ0n) is 11.8. The van der Waals surface area contributed by atoms with Crippen molar-refractivity contribution in [1.29, 1.82) is 0 Å². The summed E-state index contributed by atoms with van der Waals surface area (Å²) in [5, 5.41) is 0. The van der Waals surface area contributed by atoms with Crippen LogP contribution in [0.2, 0.25) is 0 Å². The van der Waals surface area contributed by atoms with Crippen molar-refractivity contribution in [3.63, 3.8) is 0 Å². The van der Waals surface area contributed by atoms with Gasteiger partial charge >= 0.3 is 0 Å². The highest BCUT2D eigenvalue weighted by molar-refractivity contribution is 5.77. The third-order valence-electron chi connectivity index (χ3n) is 3.57. The molecule has 0 aliphatic carbocycles. The summed E-state index contributed by atoms with van der Waals surface area (Å²) in [5.41, 5.74) is 0. The van der Waals surface area contributed by atoms with Gasteiger partial charge in [-0.2, -0.15) is 0 Å². The normalized spacial score (nSPS) is 15.9. The first-order valence-corrected chi connectivity index (χ1v) is 7.18. The molecule has 0 radical (unpaired) electrons. The number of hydrogen-bond donors (Lipinski definition) is 0. The quantitative estimate of drug-likeness (QED) is 0.681. The maximum absolute atomic E-state index is 11.9. The molecule has 1 aliphatic rings. The lowest BCUT2D eigenvalue weighted by Crippen LogP contribution is -2.50. The summed E-state index contributed by atoms with van der Waals surface area (Å²) in [4.78, 5) is 26.8. The zero-order valence-corrected chi connectivity index (χ0v) is 11.8. The maximum Gasteiger partial charge on any atom is 0.222 e. The molecule has 0 aromatic rings. The molecule has 0 unspecified atom stereocenters. The van der Waals surface area contributed by atoms with E-state index in [2.05, 4.69) is 6.92 Å². The van der Waals surface area contributed by atoms with Gasteiger partial charge in [0.15, 0.2) is 0 Å². The molecule has 0 aromatic carbocycles. The third kappa shape index (κ3) is 5.07. The summed E-state index contributed by atoms with van der Waals surface area (Å²) >= 11 is 0. The monoisotopic (exact) mass is 254 g/mol. The van der Waals surface area contributed by atoms with Crippen molar-refractivity contribution in [3.8, 4) is 0 Å². The van der Waals surface area contributed by atoms with E-state index in [0.717, 1.165) is 12.8 Å². The summed E-state index contributed by atoms with van der Waals surface area (Å²) in [6.07, 6.45) is 6.58. The van der Waals surface area contributed by atoms with Gasteiger partial charge in [0.1, 0.15) is 0 Å². The lowest BCUT2D eigenvalue weighted by atomic mass is 10.1. The smallest absolute Gasteiger partial charge is 0.222 e. The van der Waals surface area contributed by atoms with Crippen LogP contribution < -0.4 is 0 Å². The molecule has 0 saturated carbocycles. The van der Waals surface area contributed by atoms with Crippen LogP contribution in [0.3, 0.4) is 0 Å². The molecule has 0 bridgehead atoms. The summed E-state index contributed by atoms with van der Waals surface area (Å²) in [5.74, 6) is 0.372. The van der Waals surface area contributed by atoms with Gasteiger partial charge in [0, 0.05) is 39.5 Å². The van der Waals surface area contributed by atoms with Crippen LogP contribution in [0.4, 0.5) is 0 Å². The molecule has 4 nitrogen and oxygen atoms in total. The van der Waals surface area contributed by atoms with Crippen LogP contribution in [0.1, 0.15) is 52.4 Å². The molecule has 1 fully saturated rings. The lowest BCUT2D eigenvalue weighted by molar-refractivity contribution is -0.138. The number of carbonyl (C=O) groups is 2. The molecule has 18 heavy (non-hydrogen) atoms. The standard InChI is InChI=1S/C14H26N2O2/c1-3-4-5-6-7-8-14(18)16-11-9-15(10-12-16)13(2)17/h3-12H2,1-2H3. The molecule has 1 aliphatic heterocycles. The van der Waals surface area contributed by atoms with Crippen LogP contribution in [0.25, 0.3) is 0 Å². The van der Waals surface area contributed by atoms with E-state index >= 15 is 0 Å². The van der Waals surface area contributed by atoms with E-state index in [0.29, 0.717) is 32.6 Å². The van der Waals surface area contributed by atoms with Crippen LogP contribution in [-0.2, 0) is 9.59 Å². The van der Waals surface area contributed by atoms with E-state index in [9.17, 15) is 9.59 Å². The van der Waals surface area contributed by atoms with Crippen LogP contribution in [-0.4, -0.2) is 47.8 Å². The van der Waals surface area contributed by atoms with E-state index in [1.54, 1.807) is 6.92 Å². The Morgan fingerprint density at radius 2 is 1.44 bits per heavy atom. The number of unbranched alkanes of at least 4 members (excludes halogenated alkanes) is 4. The van der Waals surface area contributed by atoms with Gasteiger partial charge in [-0.3, -0.25) is 9.59 Å². The summed E-state index contributed by atoms with van der Waals surface area (Å²) in [6, 6.07) is 0. The van der Waals surface area contributed by atoms with E-state index < -0.39 is 0 Å². The fraction of sp³-hybridized carbons (Fsp3) is 0.857. The summed E-state index contributed by atoms with van der Waals surface area (Å²) < 4.78 is 0. The largest absolute Gasteiger partial charge is 0.339 e. The number of piperazine rings is 1. The Labute approximate surface area is 110 Å². The first kappa shape index (κ1) is 15.0. The van der Waals surface area contributed by atoms with Crippen LogP contribution in [0, 0.1) is 0 Å². The van der Waals surface area contributed by atoms with Crippen LogP contribution in [0.15, 0.2) is 0 Å². The van der Waals surface area contributed by atoms with Crippen LogP contribution >= 0.6 is 0 Å². The Morgan fingerprint density at radius 3 is 2.00 bits per heavy atom. The predicted octanol–water partition coefficient (Wildman–Crippen LogP) is 2.04. The van der Waals surface area contributed by atoms with Crippen molar-refractivity contribution in [3.05, 3.63) is 0 Å². The van der Waals surface area contributed by atoms with Gasteiger partial charge in [-0.15, -0.1) is 0 Å². The molecule has 0 atom stereocenters. The van der Waals surface area contributed by atoms with E-state index in [-0.39, 0.29) is 11.8 Å². The number of hydrogen-bond acceptors (Lipinski definition) is 2. The molecule has 1 rings (SSSR count). The molecule has 2 amide bonds. The minimum atomic E-state index is 0.113. The lowest BCUT2D eigenvalue weighted by Gasteiger charge is -2.34. The highest BCUT2D eigenvalue weighted by Gasteiger charge is 2.21. The number of nitrogens with zero attached hydrogens (tertiary/aromatic N) is 2. The SMILES string of the molecule is CCCCCCCC(=O)N1CCN(C(C)=O)CC1. The van der Waals surface area contributed by atoms with Gasteiger partial charge in [0.05, 0.1) is 0 Å². The fourth-order valence-corrected chi connectivity index (χ4v) is 2.31. The predicted molar refractivity (Wildman–Crippen MR) is 72.2 cm³/mol. The second-order valence-corrected chi connectivity index (χ2v) is 5.05. The van der Waals surface area contributed by atoms with Gasteiger partial charge < -0.3 is 9.80 Å². The van der Waals surface area contributed by atoms with Crippen molar-refractivity contribution < 1.29 is 9.59 Å². The summed E-state index contributed by atoms with van der Waals surface area (Å²) in [6.45, 7) is 6.57. The van der Waals surface area contributed by atoms with E-state index in [1.165, 1.54) is 19.3 Å². The van der Waals surface area contributed by atoms with Gasteiger partial charge in [-0.25, -0.2) is 0 Å². The molecule has 104 valence electrons. The van der Waals surface area contributed by atoms with Gasteiger partial charge in [-0.1, -0.05) is 32.6 Å². The topological polar surface area (TPSA) is 40.6 Å². The fourth-order valence-electron chi connectivity index (χ4n) is 2.31. The molecule has 0 N–H and O–H groups in total. The van der Waals surface area contributed by atoms with Crippen molar-refractivity contribution in [2.45, 2.75) is 52.4 Å². The van der Waals surface area contributed by atoms with Gasteiger partial charge in [0.25, 0.3) is 0 Å². The second-order valence-electron chi connectivity index (χ2n) is 5.05. The first-order chi connectivity index (χ1) is 8.65. The third-order valence-corrected chi connectivity index (χ3v) is 3.57. The van der Waals surface area contributed by atoms with Crippen molar-refractivity contribution >= 4 is 11.8 Å². The van der Waals surface area contributed by atoms with Crippen molar-refractivity contribution in [2.75, 3.05) is 26.2 Å². The van der Waals surface area contributed by atoms with Gasteiger partial charge in [-0.05, 0) is 6.42 Å². The highest BCUT2D eigenvalue weighted by atomic mass is 16.2. The number of amides is 2. The Kier molecular flexibility index (Phi) is 6.76. The van der Waals surface area contributed by atoms with E-state index in [4.69, 9.17) is 0 Å². The zero-order chi connectivity index (χ0) is 13.4. The Bertz CT molecular complexity index is 271. The number of rotatable bonds is 6. The Morgan fingerprint density at radius 1 is 0.889 bits per heavy atom. The second kappa shape index (κ2) is 8.11. The van der Waals surface area contributed by atoms with Crippen molar-refractivity contribution in [2.24, 2.45) is 0 Å². The Balaban J connectivity index is 2.14. The first-order valence-electron chi connectivity index (χ1n) is 7.18. The maximum atomic E-state index is 11.9. The molecule has 1 saturated heterocycles. The Hall–Kier alpha value is -1.06. The average molecular weight is 254 g/mol. The molecule has 1 heterocycles. The molecule has 0 spiro atoms.